The fourth-order valence-electron chi connectivity index (χ4n) is 3.99. The molecular weight excluding hydrogens is 401 g/mol. The van der Waals surface area contributed by atoms with E-state index in [1.54, 1.807) is 31.2 Å². The molecule has 0 radical (unpaired) electrons. The molecule has 1 N–H and O–H groups in total. The molecule has 10 heteroatoms. The van der Waals surface area contributed by atoms with E-state index in [1.165, 1.54) is 9.25 Å². The number of benzene rings is 1. The highest BCUT2D eigenvalue weighted by atomic mass is 19.4. The summed E-state index contributed by atoms with van der Waals surface area (Å²) in [5.74, 6) is -0.999. The average Bonchev–Trinajstić information content (AvgIpc) is 3.20. The molecule has 1 aliphatic carbocycles. The minimum Gasteiger partial charge on any atom is -0.408 e. The molecule has 0 bridgehead atoms. The van der Waals surface area contributed by atoms with E-state index < -0.39 is 29.6 Å². The zero-order valence-corrected chi connectivity index (χ0v) is 16.3. The predicted octanol–water partition coefficient (Wildman–Crippen LogP) is 2.89. The Hall–Kier alpha value is -3.04. The summed E-state index contributed by atoms with van der Waals surface area (Å²) in [6.45, 7) is 1.59. The summed E-state index contributed by atoms with van der Waals surface area (Å²) in [6.07, 6.45) is -2.31. The monoisotopic (exact) mass is 422 g/mol. The zero-order chi connectivity index (χ0) is 21.5. The van der Waals surface area contributed by atoms with E-state index in [0.717, 1.165) is 6.42 Å². The number of nitrogens with one attached hydrogen (secondary N) is 1. The van der Waals surface area contributed by atoms with Crippen LogP contribution < -0.4 is 11.1 Å². The van der Waals surface area contributed by atoms with Gasteiger partial charge in [0.1, 0.15) is 6.54 Å². The number of amides is 1. The summed E-state index contributed by atoms with van der Waals surface area (Å²) in [7, 11) is 0. The van der Waals surface area contributed by atoms with Crippen molar-refractivity contribution < 1.29 is 22.4 Å². The van der Waals surface area contributed by atoms with Crippen molar-refractivity contribution in [3.8, 4) is 0 Å². The highest BCUT2D eigenvalue weighted by molar-refractivity contribution is 5.76. The van der Waals surface area contributed by atoms with Gasteiger partial charge in [0.25, 0.3) is 0 Å². The Bertz CT molecular complexity index is 1140. The largest absolute Gasteiger partial charge is 0.435 e. The lowest BCUT2D eigenvalue weighted by molar-refractivity contribution is -0.142. The van der Waals surface area contributed by atoms with Gasteiger partial charge in [0, 0.05) is 23.8 Å². The van der Waals surface area contributed by atoms with Crippen LogP contribution in [-0.2, 0) is 36.9 Å². The SMILES string of the molecule is C[C@H](Cn1c(=O)oc2ccccc21)NC(=O)Cn1nc(C(F)(F)F)c2c1CCCC2. The van der Waals surface area contributed by atoms with Crippen LogP contribution in [0.15, 0.2) is 33.5 Å². The quantitative estimate of drug-likeness (QED) is 0.686. The molecule has 0 aliphatic heterocycles. The van der Waals surface area contributed by atoms with Crippen molar-refractivity contribution in [1.29, 1.82) is 0 Å². The van der Waals surface area contributed by atoms with Gasteiger partial charge in [-0.15, -0.1) is 0 Å². The first-order chi connectivity index (χ1) is 14.2. The second kappa shape index (κ2) is 7.66. The van der Waals surface area contributed by atoms with Gasteiger partial charge in [0.2, 0.25) is 5.91 Å². The third-order valence-corrected chi connectivity index (χ3v) is 5.26. The van der Waals surface area contributed by atoms with Gasteiger partial charge in [0.15, 0.2) is 11.3 Å². The number of nitrogens with zero attached hydrogens (tertiary/aromatic N) is 3. The number of oxazole rings is 1. The molecule has 30 heavy (non-hydrogen) atoms. The second-order valence-corrected chi connectivity index (χ2v) is 7.55. The molecule has 4 rings (SSSR count). The smallest absolute Gasteiger partial charge is 0.408 e. The highest BCUT2D eigenvalue weighted by Gasteiger charge is 2.39. The normalized spacial score (nSPS) is 15.2. The number of carbonyl (C=O) groups is 1. The Labute approximate surface area is 169 Å². The molecule has 1 amide bonds. The molecule has 2 heterocycles. The van der Waals surface area contributed by atoms with E-state index in [2.05, 4.69) is 10.4 Å². The molecule has 0 saturated heterocycles. The van der Waals surface area contributed by atoms with Crippen molar-refractivity contribution in [2.45, 2.75) is 57.9 Å². The van der Waals surface area contributed by atoms with E-state index in [-0.39, 0.29) is 18.7 Å². The van der Waals surface area contributed by atoms with Crippen LogP contribution in [0.1, 0.15) is 36.7 Å². The summed E-state index contributed by atoms with van der Waals surface area (Å²) in [5, 5.41) is 6.43. The highest BCUT2D eigenvalue weighted by Crippen LogP contribution is 2.35. The maximum Gasteiger partial charge on any atom is 0.435 e. The van der Waals surface area contributed by atoms with Gasteiger partial charge >= 0.3 is 11.9 Å². The van der Waals surface area contributed by atoms with Gasteiger partial charge in [-0.2, -0.15) is 18.3 Å². The van der Waals surface area contributed by atoms with Gasteiger partial charge in [-0.3, -0.25) is 14.0 Å². The van der Waals surface area contributed by atoms with Crippen molar-refractivity contribution in [2.24, 2.45) is 0 Å². The summed E-state index contributed by atoms with van der Waals surface area (Å²) < 4.78 is 47.6. The Balaban J connectivity index is 1.48. The molecule has 1 aromatic carbocycles. The van der Waals surface area contributed by atoms with Gasteiger partial charge in [-0.05, 0) is 44.7 Å². The summed E-state index contributed by atoms with van der Waals surface area (Å²) >= 11 is 0. The molecule has 0 fully saturated rings. The van der Waals surface area contributed by atoms with Crippen molar-refractivity contribution in [3.05, 3.63) is 51.8 Å². The van der Waals surface area contributed by atoms with Crippen molar-refractivity contribution in [2.75, 3.05) is 0 Å². The maximum absolute atomic E-state index is 13.3. The number of aromatic nitrogens is 3. The van der Waals surface area contributed by atoms with Crippen LogP contribution in [0.5, 0.6) is 0 Å². The standard InChI is InChI=1S/C20H21F3N4O3/c1-12(10-26-15-8-4-5-9-16(15)30-19(26)29)24-17(28)11-27-14-7-3-2-6-13(14)18(25-27)20(21,22)23/h4-5,8-9,12H,2-3,6-7,10-11H2,1H3,(H,24,28)/t12-/m1/s1. The summed E-state index contributed by atoms with van der Waals surface area (Å²) in [5.41, 5.74) is 0.845. The number of para-hydroxylation sites is 2. The number of fused-ring (bicyclic) bond motifs is 2. The molecule has 160 valence electrons. The Morgan fingerprint density at radius 3 is 2.77 bits per heavy atom. The lowest BCUT2D eigenvalue weighted by atomic mass is 9.95. The Kier molecular flexibility index (Phi) is 5.17. The third-order valence-electron chi connectivity index (χ3n) is 5.26. The molecule has 3 aromatic rings. The fraction of sp³-hybridized carbons (Fsp3) is 0.450. The van der Waals surface area contributed by atoms with Crippen LogP contribution in [0.2, 0.25) is 0 Å². The average molecular weight is 422 g/mol. The molecule has 0 saturated carbocycles. The lowest BCUT2D eigenvalue weighted by Crippen LogP contribution is -2.39. The van der Waals surface area contributed by atoms with E-state index >= 15 is 0 Å². The first-order valence-electron chi connectivity index (χ1n) is 9.77. The number of rotatable bonds is 5. The number of hydrogen-bond donors (Lipinski definition) is 1. The molecule has 0 unspecified atom stereocenters. The molecule has 0 spiro atoms. The second-order valence-electron chi connectivity index (χ2n) is 7.55. The summed E-state index contributed by atoms with van der Waals surface area (Å²) in [4.78, 5) is 24.6. The third kappa shape index (κ3) is 3.86. The van der Waals surface area contributed by atoms with Crippen LogP contribution >= 0.6 is 0 Å². The maximum atomic E-state index is 13.3. The molecule has 2 aromatic heterocycles. The Morgan fingerprint density at radius 2 is 2.00 bits per heavy atom. The van der Waals surface area contributed by atoms with Crippen molar-refractivity contribution in [1.82, 2.24) is 19.7 Å². The minimum absolute atomic E-state index is 0.173. The number of carbonyl (C=O) groups excluding carboxylic acids is 1. The summed E-state index contributed by atoms with van der Waals surface area (Å²) in [6, 6.07) is 6.50. The lowest BCUT2D eigenvalue weighted by Gasteiger charge is -2.16. The van der Waals surface area contributed by atoms with Crippen LogP contribution in [-0.4, -0.2) is 26.3 Å². The van der Waals surface area contributed by atoms with Crippen LogP contribution in [0.4, 0.5) is 13.2 Å². The number of alkyl halides is 3. The Morgan fingerprint density at radius 1 is 1.27 bits per heavy atom. The molecule has 1 aliphatic rings. The van der Waals surface area contributed by atoms with Crippen LogP contribution in [0, 0.1) is 0 Å². The van der Waals surface area contributed by atoms with E-state index in [1.807, 2.05) is 0 Å². The van der Waals surface area contributed by atoms with E-state index in [4.69, 9.17) is 4.42 Å². The first-order valence-corrected chi connectivity index (χ1v) is 9.77. The molecule has 7 nitrogen and oxygen atoms in total. The van der Waals surface area contributed by atoms with Crippen LogP contribution in [0.25, 0.3) is 11.1 Å². The van der Waals surface area contributed by atoms with E-state index in [0.29, 0.717) is 36.1 Å². The van der Waals surface area contributed by atoms with Gasteiger partial charge < -0.3 is 9.73 Å². The van der Waals surface area contributed by atoms with E-state index in [9.17, 15) is 22.8 Å². The van der Waals surface area contributed by atoms with Crippen LogP contribution in [0.3, 0.4) is 0 Å². The number of hydrogen-bond acceptors (Lipinski definition) is 4. The minimum atomic E-state index is -4.54. The van der Waals surface area contributed by atoms with Crippen molar-refractivity contribution >= 4 is 17.0 Å². The topological polar surface area (TPSA) is 82.1 Å². The zero-order valence-electron chi connectivity index (χ0n) is 16.3. The predicted molar refractivity (Wildman–Crippen MR) is 102 cm³/mol. The molecule has 1 atom stereocenters. The van der Waals surface area contributed by atoms with Crippen molar-refractivity contribution in [3.63, 3.8) is 0 Å². The first kappa shape index (κ1) is 20.2. The van der Waals surface area contributed by atoms with Gasteiger partial charge in [-0.25, -0.2) is 4.79 Å². The van der Waals surface area contributed by atoms with Gasteiger partial charge in [0.05, 0.1) is 5.52 Å². The fourth-order valence-corrected chi connectivity index (χ4v) is 3.99. The van der Waals surface area contributed by atoms with Gasteiger partial charge in [-0.1, -0.05) is 12.1 Å². The number of halogens is 3. The molecular formula is C20H21F3N4O3.